The minimum atomic E-state index is -0.639. The zero-order chi connectivity index (χ0) is 26.1. The lowest BCUT2D eigenvalue weighted by Gasteiger charge is -2.49. The van der Waals surface area contributed by atoms with Crippen molar-refractivity contribution in [2.45, 2.75) is 89.3 Å². The smallest absolute Gasteiger partial charge is 0.245 e. The fourth-order valence-corrected chi connectivity index (χ4v) is 5.39. The van der Waals surface area contributed by atoms with Crippen LogP contribution in [-0.2, 0) is 20.8 Å². The molecule has 1 heterocycles. The maximum atomic E-state index is 13.5. The second kappa shape index (κ2) is 14.0. The highest BCUT2D eigenvalue weighted by molar-refractivity contribution is 6.30. The summed E-state index contributed by atoms with van der Waals surface area (Å²) in [6.07, 6.45) is 9.05. The van der Waals surface area contributed by atoms with Crippen LogP contribution in [0.1, 0.15) is 70.3 Å². The summed E-state index contributed by atoms with van der Waals surface area (Å²) in [5, 5.41) is 3.61. The molecule has 1 aliphatic heterocycles. The van der Waals surface area contributed by atoms with Gasteiger partial charge in [-0.25, -0.2) is 0 Å². The maximum absolute atomic E-state index is 13.5. The summed E-state index contributed by atoms with van der Waals surface area (Å²) in [7, 11) is 3.84. The summed E-state index contributed by atoms with van der Waals surface area (Å²) in [4.78, 5) is 45.1. The Bertz CT molecular complexity index is 862. The molecule has 1 aromatic rings. The summed E-state index contributed by atoms with van der Waals surface area (Å²) in [5.74, 6) is 0.00524. The molecule has 2 fully saturated rings. The Kier molecular flexibility index (Phi) is 11.1. The van der Waals surface area contributed by atoms with Crippen LogP contribution in [-0.4, -0.2) is 84.3 Å². The van der Waals surface area contributed by atoms with Crippen LogP contribution in [0.3, 0.4) is 0 Å². The van der Waals surface area contributed by atoms with Gasteiger partial charge in [0.2, 0.25) is 17.7 Å². The number of carbonyl (C=O) groups excluding carboxylic acids is 3. The fourth-order valence-electron chi connectivity index (χ4n) is 5.26. The largest absolute Gasteiger partial charge is 0.344 e. The fraction of sp³-hybridized carbons (Fsp3) is 0.679. The number of amides is 3. The zero-order valence-corrected chi connectivity index (χ0v) is 22.9. The molecule has 7 nitrogen and oxygen atoms in total. The summed E-state index contributed by atoms with van der Waals surface area (Å²) in [5.41, 5.74) is 0.945. The minimum absolute atomic E-state index is 0.0664. The van der Waals surface area contributed by atoms with E-state index in [4.69, 9.17) is 11.6 Å². The third kappa shape index (κ3) is 8.20. The molecular formula is C28H43ClN4O3. The van der Waals surface area contributed by atoms with Crippen molar-refractivity contribution >= 4 is 29.3 Å². The lowest BCUT2D eigenvalue weighted by molar-refractivity contribution is -0.151. The van der Waals surface area contributed by atoms with Gasteiger partial charge in [-0.15, -0.1) is 0 Å². The molecule has 1 aromatic carbocycles. The summed E-state index contributed by atoms with van der Waals surface area (Å²) >= 11 is 6.03. The van der Waals surface area contributed by atoms with Crippen LogP contribution in [0.15, 0.2) is 24.3 Å². The lowest BCUT2D eigenvalue weighted by Crippen LogP contribution is -2.67. The van der Waals surface area contributed by atoms with Gasteiger partial charge in [0.1, 0.15) is 6.04 Å². The van der Waals surface area contributed by atoms with Gasteiger partial charge >= 0.3 is 0 Å². The van der Waals surface area contributed by atoms with E-state index in [2.05, 4.69) is 10.2 Å². The first-order valence-electron chi connectivity index (χ1n) is 13.6. The number of hydrogen-bond acceptors (Lipinski definition) is 4. The first-order chi connectivity index (χ1) is 17.3. The van der Waals surface area contributed by atoms with Gasteiger partial charge in [-0.1, -0.05) is 56.3 Å². The van der Waals surface area contributed by atoms with Crippen LogP contribution in [0.2, 0.25) is 5.02 Å². The standard InChI is InChI=1S/C28H43ClN4O3/c1-4-9-27(35)33(23-10-7-5-6-8-11-23)24-19-32(20-24)28(36)25(30-26(34)16-17-31(2)3)18-21-12-14-22(29)15-13-21/h12-15,23-25H,4-11,16-20H2,1-3H3,(H,30,34)/t25-/m1/s1. The van der Waals surface area contributed by atoms with E-state index < -0.39 is 6.04 Å². The van der Waals surface area contributed by atoms with Gasteiger partial charge in [0.15, 0.2) is 0 Å². The van der Waals surface area contributed by atoms with Crippen LogP contribution in [0, 0.1) is 0 Å². The Hall–Kier alpha value is -2.12. The molecule has 0 unspecified atom stereocenters. The molecule has 3 rings (SSSR count). The molecule has 3 amide bonds. The minimum Gasteiger partial charge on any atom is -0.344 e. The van der Waals surface area contributed by atoms with Crippen molar-refractivity contribution in [1.82, 2.24) is 20.0 Å². The van der Waals surface area contributed by atoms with E-state index in [1.54, 1.807) is 17.0 Å². The molecule has 0 aromatic heterocycles. The van der Waals surface area contributed by atoms with Crippen LogP contribution in [0.4, 0.5) is 0 Å². The number of benzene rings is 1. The molecule has 0 bridgehead atoms. The molecule has 36 heavy (non-hydrogen) atoms. The van der Waals surface area contributed by atoms with E-state index in [0.29, 0.717) is 43.9 Å². The third-order valence-electron chi connectivity index (χ3n) is 7.31. The van der Waals surface area contributed by atoms with Crippen molar-refractivity contribution in [1.29, 1.82) is 0 Å². The molecule has 1 saturated carbocycles. The Morgan fingerprint density at radius 1 is 1.00 bits per heavy atom. The summed E-state index contributed by atoms with van der Waals surface area (Å²) < 4.78 is 0. The summed E-state index contributed by atoms with van der Waals surface area (Å²) in [6, 6.07) is 7.10. The molecular weight excluding hydrogens is 476 g/mol. The zero-order valence-electron chi connectivity index (χ0n) is 22.2. The Balaban J connectivity index is 1.67. The SMILES string of the molecule is CCCC(=O)N(C1CCCCCC1)C1CN(C(=O)[C@@H](Cc2ccc(Cl)cc2)NC(=O)CCN(C)C)C1. The first kappa shape index (κ1) is 28.5. The quantitative estimate of drug-likeness (QED) is 0.451. The number of nitrogens with zero attached hydrogens (tertiary/aromatic N) is 3. The Morgan fingerprint density at radius 2 is 1.64 bits per heavy atom. The number of nitrogens with one attached hydrogen (secondary N) is 1. The van der Waals surface area contributed by atoms with Gasteiger partial charge < -0.3 is 20.0 Å². The van der Waals surface area contributed by atoms with E-state index in [-0.39, 0.29) is 29.8 Å². The van der Waals surface area contributed by atoms with Gasteiger partial charge in [-0.3, -0.25) is 14.4 Å². The molecule has 0 spiro atoms. The van der Waals surface area contributed by atoms with Crippen molar-refractivity contribution in [2.24, 2.45) is 0 Å². The van der Waals surface area contributed by atoms with Gasteiger partial charge in [0.05, 0.1) is 6.04 Å². The average molecular weight is 519 g/mol. The second-order valence-corrected chi connectivity index (χ2v) is 11.0. The second-order valence-electron chi connectivity index (χ2n) is 10.6. The van der Waals surface area contributed by atoms with E-state index in [0.717, 1.165) is 37.7 Å². The number of carbonyl (C=O) groups is 3. The molecule has 8 heteroatoms. The monoisotopic (exact) mass is 518 g/mol. The topological polar surface area (TPSA) is 73.0 Å². The highest BCUT2D eigenvalue weighted by Crippen LogP contribution is 2.28. The van der Waals surface area contributed by atoms with Crippen molar-refractivity contribution in [3.8, 4) is 0 Å². The van der Waals surface area contributed by atoms with Crippen molar-refractivity contribution < 1.29 is 14.4 Å². The van der Waals surface area contributed by atoms with Gasteiger partial charge in [-0.05, 0) is 51.1 Å². The predicted octanol–water partition coefficient (Wildman–Crippen LogP) is 3.88. The van der Waals surface area contributed by atoms with E-state index >= 15 is 0 Å². The first-order valence-corrected chi connectivity index (χ1v) is 13.9. The molecule has 1 aliphatic carbocycles. The molecule has 1 saturated heterocycles. The van der Waals surface area contributed by atoms with Crippen molar-refractivity contribution in [2.75, 3.05) is 33.7 Å². The van der Waals surface area contributed by atoms with Gasteiger partial charge in [0.25, 0.3) is 0 Å². The maximum Gasteiger partial charge on any atom is 0.245 e. The Morgan fingerprint density at radius 3 is 2.22 bits per heavy atom. The van der Waals surface area contributed by atoms with Crippen molar-refractivity contribution in [3.05, 3.63) is 34.9 Å². The number of hydrogen-bond donors (Lipinski definition) is 1. The molecule has 1 N–H and O–H groups in total. The highest BCUT2D eigenvalue weighted by Gasteiger charge is 2.41. The van der Waals surface area contributed by atoms with E-state index in [1.807, 2.05) is 38.1 Å². The van der Waals surface area contributed by atoms with Crippen molar-refractivity contribution in [3.63, 3.8) is 0 Å². The molecule has 200 valence electrons. The Labute approximate surface area is 221 Å². The molecule has 1 atom stereocenters. The van der Waals surface area contributed by atoms with Crippen LogP contribution in [0.25, 0.3) is 0 Å². The number of likely N-dealkylation sites (tertiary alicyclic amines) is 1. The van der Waals surface area contributed by atoms with Crippen LogP contribution < -0.4 is 5.32 Å². The van der Waals surface area contributed by atoms with E-state index in [1.165, 1.54) is 12.8 Å². The van der Waals surface area contributed by atoms with E-state index in [9.17, 15) is 14.4 Å². The van der Waals surface area contributed by atoms with Gasteiger partial charge in [0, 0.05) is 50.0 Å². The number of rotatable bonds is 11. The normalized spacial score (nSPS) is 17.9. The lowest BCUT2D eigenvalue weighted by atomic mass is 9.97. The number of halogens is 1. The van der Waals surface area contributed by atoms with Crippen LogP contribution in [0.5, 0.6) is 0 Å². The average Bonchev–Trinajstić information content (AvgIpc) is 3.09. The molecule has 2 aliphatic rings. The molecule has 0 radical (unpaired) electrons. The summed E-state index contributed by atoms with van der Waals surface area (Å²) in [6.45, 7) is 3.74. The van der Waals surface area contributed by atoms with Gasteiger partial charge in [-0.2, -0.15) is 0 Å². The highest BCUT2D eigenvalue weighted by atomic mass is 35.5. The predicted molar refractivity (Wildman–Crippen MR) is 144 cm³/mol. The third-order valence-corrected chi connectivity index (χ3v) is 7.56. The van der Waals surface area contributed by atoms with Crippen LogP contribution >= 0.6 is 11.6 Å².